The van der Waals surface area contributed by atoms with Crippen LogP contribution in [0.15, 0.2) is 46.0 Å². The van der Waals surface area contributed by atoms with Crippen LogP contribution in [0.3, 0.4) is 0 Å². The first-order chi connectivity index (χ1) is 11.2. The number of methoxy groups -OCH3 is 1. The highest BCUT2D eigenvalue weighted by Crippen LogP contribution is 2.32. The van der Waals surface area contributed by atoms with Crippen LogP contribution >= 0.6 is 15.9 Å². The van der Waals surface area contributed by atoms with E-state index in [-0.39, 0.29) is 12.1 Å². The van der Waals surface area contributed by atoms with Gasteiger partial charge in [-0.1, -0.05) is 23.8 Å². The average Bonchev–Trinajstić information content (AvgIpc) is 2.48. The average molecular weight is 393 g/mol. The lowest BCUT2D eigenvalue weighted by Gasteiger charge is -2.11. The summed E-state index contributed by atoms with van der Waals surface area (Å²) >= 11 is 3.54. The van der Waals surface area contributed by atoms with E-state index in [0.29, 0.717) is 5.57 Å². The summed E-state index contributed by atoms with van der Waals surface area (Å²) in [7, 11) is 1.62. The van der Waals surface area contributed by atoms with Gasteiger partial charge in [-0.3, -0.25) is 0 Å². The Morgan fingerprint density at radius 2 is 1.92 bits per heavy atom. The van der Waals surface area contributed by atoms with Gasteiger partial charge in [-0.05, 0) is 79.9 Å². The monoisotopic (exact) mass is 392 g/mol. The molecular formula is C20H25BrO3. The first-order valence-electron chi connectivity index (χ1n) is 7.83. The normalized spacial score (nSPS) is 11.8. The standard InChI is InChI=1S/C20H25BrO3/c1-13(2)8-7-9-16(20(22)24-14(3)4)12-17-10-15(5)11-18(23-6)19(17)21/h7-12,14H,1-6H3/b9-7+,16-12+. The van der Waals surface area contributed by atoms with Crippen molar-refractivity contribution in [1.82, 2.24) is 0 Å². The van der Waals surface area contributed by atoms with Crippen LogP contribution in [0.1, 0.15) is 38.8 Å². The second-order valence-corrected chi connectivity index (χ2v) is 6.82. The van der Waals surface area contributed by atoms with Crippen LogP contribution < -0.4 is 4.74 Å². The summed E-state index contributed by atoms with van der Waals surface area (Å²) in [6, 6.07) is 3.93. The van der Waals surface area contributed by atoms with Crippen LogP contribution in [-0.4, -0.2) is 19.2 Å². The van der Waals surface area contributed by atoms with Crippen molar-refractivity contribution in [3.63, 3.8) is 0 Å². The number of hydrogen-bond donors (Lipinski definition) is 0. The summed E-state index contributed by atoms with van der Waals surface area (Å²) in [6.07, 6.45) is 7.19. The van der Waals surface area contributed by atoms with E-state index in [9.17, 15) is 4.79 Å². The van der Waals surface area contributed by atoms with Crippen molar-refractivity contribution >= 4 is 28.0 Å². The minimum absolute atomic E-state index is 0.173. The molecular weight excluding hydrogens is 368 g/mol. The smallest absolute Gasteiger partial charge is 0.338 e. The van der Waals surface area contributed by atoms with Crippen LogP contribution in [0, 0.1) is 6.92 Å². The maximum atomic E-state index is 12.4. The molecule has 0 radical (unpaired) electrons. The molecule has 0 amide bonds. The Balaban J connectivity index is 3.35. The Morgan fingerprint density at radius 1 is 1.25 bits per heavy atom. The van der Waals surface area contributed by atoms with Crippen LogP contribution in [0.5, 0.6) is 5.75 Å². The number of esters is 1. The second kappa shape index (κ2) is 9.48. The Kier molecular flexibility index (Phi) is 7.99. The topological polar surface area (TPSA) is 35.5 Å². The van der Waals surface area contributed by atoms with E-state index >= 15 is 0 Å². The molecule has 0 unspecified atom stereocenters. The molecule has 0 saturated heterocycles. The van der Waals surface area contributed by atoms with Gasteiger partial charge in [-0.15, -0.1) is 0 Å². The number of rotatable bonds is 6. The lowest BCUT2D eigenvalue weighted by Crippen LogP contribution is -2.12. The Hall–Kier alpha value is -1.81. The van der Waals surface area contributed by atoms with Gasteiger partial charge in [0.1, 0.15) is 5.75 Å². The molecule has 0 atom stereocenters. The largest absolute Gasteiger partial charge is 0.496 e. The number of ether oxygens (including phenoxy) is 2. The third-order valence-electron chi connectivity index (χ3n) is 3.03. The zero-order valence-electron chi connectivity index (χ0n) is 15.1. The van der Waals surface area contributed by atoms with Crippen molar-refractivity contribution in [3.05, 3.63) is 57.1 Å². The maximum Gasteiger partial charge on any atom is 0.338 e. The number of benzene rings is 1. The highest BCUT2D eigenvalue weighted by molar-refractivity contribution is 9.10. The minimum atomic E-state index is -0.351. The van der Waals surface area contributed by atoms with Crippen LogP contribution in [-0.2, 0) is 9.53 Å². The predicted octanol–water partition coefficient (Wildman–Crippen LogP) is 5.62. The molecule has 0 N–H and O–H groups in total. The lowest BCUT2D eigenvalue weighted by atomic mass is 10.1. The third-order valence-corrected chi connectivity index (χ3v) is 3.88. The fraction of sp³-hybridized carbons (Fsp3) is 0.350. The van der Waals surface area contributed by atoms with Gasteiger partial charge >= 0.3 is 5.97 Å². The van der Waals surface area contributed by atoms with Gasteiger partial charge < -0.3 is 9.47 Å². The molecule has 1 rings (SSSR count). The third kappa shape index (κ3) is 6.36. The molecule has 0 heterocycles. The zero-order valence-corrected chi connectivity index (χ0v) is 16.7. The molecule has 0 aliphatic rings. The van der Waals surface area contributed by atoms with E-state index in [0.717, 1.165) is 26.9 Å². The fourth-order valence-electron chi connectivity index (χ4n) is 1.99. The highest BCUT2D eigenvalue weighted by atomic mass is 79.9. The summed E-state index contributed by atoms with van der Waals surface area (Å²) in [5.41, 5.74) is 3.55. The number of allylic oxidation sites excluding steroid dienone is 3. The van der Waals surface area contributed by atoms with Gasteiger partial charge in [0.2, 0.25) is 0 Å². The summed E-state index contributed by atoms with van der Waals surface area (Å²) in [4.78, 5) is 12.4. The van der Waals surface area contributed by atoms with Crippen molar-refractivity contribution < 1.29 is 14.3 Å². The molecule has 24 heavy (non-hydrogen) atoms. The Labute approximate surface area is 153 Å². The second-order valence-electron chi connectivity index (χ2n) is 6.03. The Morgan fingerprint density at radius 3 is 2.46 bits per heavy atom. The summed E-state index contributed by atoms with van der Waals surface area (Å²) in [5.74, 6) is 0.377. The minimum Gasteiger partial charge on any atom is -0.496 e. The van der Waals surface area contributed by atoms with Crippen molar-refractivity contribution in [2.45, 2.75) is 40.7 Å². The van der Waals surface area contributed by atoms with E-state index < -0.39 is 0 Å². The number of carbonyl (C=O) groups is 1. The molecule has 1 aromatic carbocycles. The number of aryl methyl sites for hydroxylation is 1. The molecule has 4 heteroatoms. The van der Waals surface area contributed by atoms with E-state index in [4.69, 9.17) is 9.47 Å². The predicted molar refractivity (Wildman–Crippen MR) is 103 cm³/mol. The molecule has 0 saturated carbocycles. The van der Waals surface area contributed by atoms with Gasteiger partial charge in [0.15, 0.2) is 0 Å². The van der Waals surface area contributed by atoms with Gasteiger partial charge in [0, 0.05) is 0 Å². The van der Waals surface area contributed by atoms with Gasteiger partial charge in [-0.2, -0.15) is 0 Å². The van der Waals surface area contributed by atoms with Crippen molar-refractivity contribution in [1.29, 1.82) is 0 Å². The maximum absolute atomic E-state index is 12.4. The molecule has 1 aromatic rings. The van der Waals surface area contributed by atoms with Crippen LogP contribution in [0.25, 0.3) is 6.08 Å². The highest BCUT2D eigenvalue weighted by Gasteiger charge is 2.13. The van der Waals surface area contributed by atoms with Gasteiger partial charge in [-0.25, -0.2) is 4.79 Å². The van der Waals surface area contributed by atoms with Crippen molar-refractivity contribution in [3.8, 4) is 5.75 Å². The molecule has 0 aromatic heterocycles. The Bertz CT molecular complexity index is 678. The van der Waals surface area contributed by atoms with E-state index in [1.54, 1.807) is 19.3 Å². The molecule has 0 spiro atoms. The van der Waals surface area contributed by atoms with Gasteiger partial charge in [0.25, 0.3) is 0 Å². The number of carbonyl (C=O) groups excluding carboxylic acids is 1. The fourth-order valence-corrected chi connectivity index (χ4v) is 2.49. The summed E-state index contributed by atoms with van der Waals surface area (Å²) in [6.45, 7) is 9.66. The summed E-state index contributed by atoms with van der Waals surface area (Å²) in [5, 5.41) is 0. The summed E-state index contributed by atoms with van der Waals surface area (Å²) < 4.78 is 11.5. The number of halogens is 1. The van der Waals surface area contributed by atoms with Crippen molar-refractivity contribution in [2.24, 2.45) is 0 Å². The van der Waals surface area contributed by atoms with E-state index in [2.05, 4.69) is 15.9 Å². The van der Waals surface area contributed by atoms with Crippen LogP contribution in [0.4, 0.5) is 0 Å². The molecule has 130 valence electrons. The van der Waals surface area contributed by atoms with E-state index in [1.807, 2.05) is 58.9 Å². The molecule has 3 nitrogen and oxygen atoms in total. The van der Waals surface area contributed by atoms with Crippen LogP contribution in [0.2, 0.25) is 0 Å². The zero-order chi connectivity index (χ0) is 18.3. The SMILES string of the molecule is COc1cc(C)cc(/C=C(\C=C\C=C(C)C)C(=O)OC(C)C)c1Br. The molecule has 0 aliphatic carbocycles. The van der Waals surface area contributed by atoms with Gasteiger partial charge in [0.05, 0.1) is 23.3 Å². The van der Waals surface area contributed by atoms with Crippen molar-refractivity contribution in [2.75, 3.05) is 7.11 Å². The first kappa shape index (κ1) is 20.2. The molecule has 0 fully saturated rings. The van der Waals surface area contributed by atoms with E-state index in [1.165, 1.54) is 0 Å². The first-order valence-corrected chi connectivity index (χ1v) is 8.62. The number of hydrogen-bond acceptors (Lipinski definition) is 3. The molecule has 0 aliphatic heterocycles. The lowest BCUT2D eigenvalue weighted by molar-refractivity contribution is -0.142. The molecule has 0 bridgehead atoms. The quantitative estimate of drug-likeness (QED) is 0.357.